The quantitative estimate of drug-likeness (QED) is 0.772. The van der Waals surface area contributed by atoms with Gasteiger partial charge in [0.2, 0.25) is 0 Å². The lowest BCUT2D eigenvalue weighted by Gasteiger charge is -2.29. The molecule has 26 heavy (non-hydrogen) atoms. The first-order chi connectivity index (χ1) is 12.7. The van der Waals surface area contributed by atoms with Gasteiger partial charge in [-0.1, -0.05) is 12.1 Å². The van der Waals surface area contributed by atoms with Crippen molar-refractivity contribution in [3.05, 3.63) is 48.2 Å². The number of anilines is 2. The summed E-state index contributed by atoms with van der Waals surface area (Å²) in [5, 5.41) is 6.93. The van der Waals surface area contributed by atoms with Crippen molar-refractivity contribution in [2.75, 3.05) is 30.4 Å². The molecule has 6 heteroatoms. The van der Waals surface area contributed by atoms with Gasteiger partial charge in [0.25, 0.3) is 0 Å². The van der Waals surface area contributed by atoms with Crippen LogP contribution in [0.25, 0.3) is 0 Å². The third-order valence-electron chi connectivity index (χ3n) is 4.68. The standard InChI is InChI=1S/C20H26N4OS/c1-15(22-20(26)23-19-18(25-2)7-6-12-21-19)16-8-10-17(11-9-16)24-13-4-3-5-14-24/h6-12,15H,3-5,13-14H2,1-2H3,(H2,21,22,23,26). The molecule has 1 aliphatic rings. The zero-order valence-electron chi connectivity index (χ0n) is 15.4. The predicted molar refractivity (Wildman–Crippen MR) is 111 cm³/mol. The molecule has 0 spiro atoms. The van der Waals surface area contributed by atoms with Gasteiger partial charge >= 0.3 is 0 Å². The summed E-state index contributed by atoms with van der Waals surface area (Å²) < 4.78 is 5.29. The smallest absolute Gasteiger partial charge is 0.174 e. The number of nitrogens with one attached hydrogen (secondary N) is 2. The summed E-state index contributed by atoms with van der Waals surface area (Å²) >= 11 is 5.42. The summed E-state index contributed by atoms with van der Waals surface area (Å²) in [6.45, 7) is 4.42. The maximum absolute atomic E-state index is 5.42. The van der Waals surface area contributed by atoms with Gasteiger partial charge in [-0.05, 0) is 68.2 Å². The summed E-state index contributed by atoms with van der Waals surface area (Å²) in [6, 6.07) is 12.5. The van der Waals surface area contributed by atoms with Gasteiger partial charge in [0, 0.05) is 25.0 Å². The van der Waals surface area contributed by atoms with Crippen LogP contribution in [0.5, 0.6) is 5.75 Å². The Kier molecular flexibility index (Phi) is 6.28. The van der Waals surface area contributed by atoms with E-state index in [1.807, 2.05) is 12.1 Å². The van der Waals surface area contributed by atoms with E-state index < -0.39 is 0 Å². The molecule has 0 aliphatic carbocycles. The molecule has 1 atom stereocenters. The molecule has 0 bridgehead atoms. The second kappa shape index (κ2) is 8.85. The molecular formula is C20H26N4OS. The van der Waals surface area contributed by atoms with Crippen molar-refractivity contribution in [2.24, 2.45) is 0 Å². The molecule has 0 radical (unpaired) electrons. The van der Waals surface area contributed by atoms with Crippen LogP contribution in [0.1, 0.15) is 37.8 Å². The summed E-state index contributed by atoms with van der Waals surface area (Å²) in [7, 11) is 1.62. The average Bonchev–Trinajstić information content (AvgIpc) is 2.69. The van der Waals surface area contributed by atoms with Crippen LogP contribution in [-0.4, -0.2) is 30.3 Å². The summed E-state index contributed by atoms with van der Waals surface area (Å²) in [6.07, 6.45) is 5.63. The number of aromatic nitrogens is 1. The van der Waals surface area contributed by atoms with E-state index in [9.17, 15) is 0 Å². The second-order valence-corrected chi connectivity index (χ2v) is 6.92. The molecule has 5 nitrogen and oxygen atoms in total. The molecule has 1 aromatic heterocycles. The number of benzene rings is 1. The minimum atomic E-state index is 0.0973. The highest BCUT2D eigenvalue weighted by Gasteiger charge is 2.13. The SMILES string of the molecule is COc1cccnc1NC(=S)NC(C)c1ccc(N2CCCCC2)cc1. The first-order valence-corrected chi connectivity index (χ1v) is 9.49. The Morgan fingerprint density at radius 1 is 1.15 bits per heavy atom. The van der Waals surface area contributed by atoms with Gasteiger partial charge in [0.05, 0.1) is 13.2 Å². The Morgan fingerprint density at radius 2 is 1.88 bits per heavy atom. The molecule has 0 amide bonds. The van der Waals surface area contributed by atoms with Crippen LogP contribution < -0.4 is 20.3 Å². The zero-order valence-corrected chi connectivity index (χ0v) is 16.2. The molecule has 2 heterocycles. The van der Waals surface area contributed by atoms with Gasteiger partial charge in [0.1, 0.15) is 0 Å². The van der Waals surface area contributed by atoms with Crippen LogP contribution >= 0.6 is 12.2 Å². The number of piperidine rings is 1. The van der Waals surface area contributed by atoms with Crippen LogP contribution in [0, 0.1) is 0 Å². The number of thiocarbonyl (C=S) groups is 1. The number of hydrogen-bond acceptors (Lipinski definition) is 4. The number of methoxy groups -OCH3 is 1. The first-order valence-electron chi connectivity index (χ1n) is 9.09. The van der Waals surface area contributed by atoms with Gasteiger partial charge in [-0.2, -0.15) is 0 Å². The number of ether oxygens (including phenoxy) is 1. The zero-order chi connectivity index (χ0) is 18.4. The Balaban J connectivity index is 1.58. The van der Waals surface area contributed by atoms with E-state index in [0.29, 0.717) is 16.7 Å². The molecule has 1 aliphatic heterocycles. The van der Waals surface area contributed by atoms with Crippen LogP contribution in [0.4, 0.5) is 11.5 Å². The molecule has 1 fully saturated rings. The largest absolute Gasteiger partial charge is 0.493 e. The van der Waals surface area contributed by atoms with E-state index in [2.05, 4.69) is 51.7 Å². The summed E-state index contributed by atoms with van der Waals surface area (Å²) in [5.74, 6) is 1.27. The van der Waals surface area contributed by atoms with Crippen LogP contribution in [0.2, 0.25) is 0 Å². The first kappa shape index (κ1) is 18.5. The lowest BCUT2D eigenvalue weighted by molar-refractivity contribution is 0.415. The second-order valence-electron chi connectivity index (χ2n) is 6.51. The minimum absolute atomic E-state index is 0.0973. The molecule has 1 aromatic carbocycles. The topological polar surface area (TPSA) is 49.4 Å². The van der Waals surface area contributed by atoms with E-state index in [4.69, 9.17) is 17.0 Å². The van der Waals surface area contributed by atoms with Crippen molar-refractivity contribution in [3.8, 4) is 5.75 Å². The fourth-order valence-electron chi connectivity index (χ4n) is 3.20. The number of pyridine rings is 1. The summed E-state index contributed by atoms with van der Waals surface area (Å²) in [5.41, 5.74) is 2.50. The fourth-order valence-corrected chi connectivity index (χ4v) is 3.47. The summed E-state index contributed by atoms with van der Waals surface area (Å²) in [4.78, 5) is 6.73. The fraction of sp³-hybridized carbons (Fsp3) is 0.400. The van der Waals surface area contributed by atoms with Crippen molar-refractivity contribution in [3.63, 3.8) is 0 Å². The Bertz CT molecular complexity index is 729. The monoisotopic (exact) mass is 370 g/mol. The molecule has 2 N–H and O–H groups in total. The Morgan fingerprint density at radius 3 is 2.58 bits per heavy atom. The third kappa shape index (κ3) is 4.64. The highest BCUT2D eigenvalue weighted by Crippen LogP contribution is 2.23. The lowest BCUT2D eigenvalue weighted by atomic mass is 10.1. The van der Waals surface area contributed by atoms with E-state index in [1.165, 1.54) is 30.5 Å². The van der Waals surface area contributed by atoms with Crippen molar-refractivity contribution < 1.29 is 4.74 Å². The van der Waals surface area contributed by atoms with E-state index in [-0.39, 0.29) is 6.04 Å². The molecule has 138 valence electrons. The van der Waals surface area contributed by atoms with Crippen molar-refractivity contribution >= 4 is 28.8 Å². The predicted octanol–water partition coefficient (Wildman–Crippen LogP) is 4.13. The maximum Gasteiger partial charge on any atom is 0.174 e. The molecular weight excluding hydrogens is 344 g/mol. The number of hydrogen-bond donors (Lipinski definition) is 2. The van der Waals surface area contributed by atoms with Gasteiger partial charge in [-0.25, -0.2) is 4.98 Å². The van der Waals surface area contributed by atoms with Crippen LogP contribution in [-0.2, 0) is 0 Å². The molecule has 1 saturated heterocycles. The van der Waals surface area contributed by atoms with Crippen LogP contribution in [0.3, 0.4) is 0 Å². The van der Waals surface area contributed by atoms with Gasteiger partial charge in [-0.15, -0.1) is 0 Å². The average molecular weight is 371 g/mol. The van der Waals surface area contributed by atoms with Crippen molar-refractivity contribution in [1.29, 1.82) is 0 Å². The molecule has 2 aromatic rings. The van der Waals surface area contributed by atoms with Gasteiger partial charge in [-0.3, -0.25) is 0 Å². The van der Waals surface area contributed by atoms with Crippen molar-refractivity contribution in [2.45, 2.75) is 32.2 Å². The van der Waals surface area contributed by atoms with Gasteiger partial charge in [0.15, 0.2) is 16.7 Å². The van der Waals surface area contributed by atoms with E-state index in [0.717, 1.165) is 13.1 Å². The highest BCUT2D eigenvalue weighted by molar-refractivity contribution is 7.80. The molecule has 1 unspecified atom stereocenters. The maximum atomic E-state index is 5.42. The highest BCUT2D eigenvalue weighted by atomic mass is 32.1. The Labute approximate surface area is 160 Å². The lowest BCUT2D eigenvalue weighted by Crippen LogP contribution is -2.31. The Hall–Kier alpha value is -2.34. The molecule has 0 saturated carbocycles. The number of rotatable bonds is 5. The third-order valence-corrected chi connectivity index (χ3v) is 4.90. The van der Waals surface area contributed by atoms with Crippen LogP contribution in [0.15, 0.2) is 42.6 Å². The molecule has 3 rings (SSSR count). The van der Waals surface area contributed by atoms with Gasteiger partial charge < -0.3 is 20.3 Å². The number of nitrogens with zero attached hydrogens (tertiary/aromatic N) is 2. The van der Waals surface area contributed by atoms with E-state index in [1.54, 1.807) is 13.3 Å². The van der Waals surface area contributed by atoms with Crippen molar-refractivity contribution in [1.82, 2.24) is 10.3 Å². The minimum Gasteiger partial charge on any atom is -0.493 e. The van der Waals surface area contributed by atoms with E-state index >= 15 is 0 Å². The normalized spacial score (nSPS) is 15.2.